The van der Waals surface area contributed by atoms with Crippen molar-refractivity contribution in [3.63, 3.8) is 0 Å². The van der Waals surface area contributed by atoms with Gasteiger partial charge in [0.2, 0.25) is 0 Å². The summed E-state index contributed by atoms with van der Waals surface area (Å²) in [6.45, 7) is 3.94. The molecule has 0 amide bonds. The van der Waals surface area contributed by atoms with Gasteiger partial charge in [0.25, 0.3) is 0 Å². The number of halogens is 1. The van der Waals surface area contributed by atoms with E-state index in [2.05, 4.69) is 0 Å². The third-order valence-corrected chi connectivity index (χ3v) is 3.97. The van der Waals surface area contributed by atoms with Crippen molar-refractivity contribution in [2.45, 2.75) is 26.7 Å². The Morgan fingerprint density at radius 3 is 2.59 bits per heavy atom. The number of anilines is 1. The number of carbonyl (C=O) groups excluding carboxylic acids is 1. The van der Waals surface area contributed by atoms with Crippen LogP contribution in [0.3, 0.4) is 0 Å². The van der Waals surface area contributed by atoms with Crippen molar-refractivity contribution in [3.8, 4) is 5.69 Å². The number of benzene rings is 1. The van der Waals surface area contributed by atoms with Crippen molar-refractivity contribution in [1.82, 2.24) is 4.57 Å². The minimum absolute atomic E-state index is 0.179. The van der Waals surface area contributed by atoms with Gasteiger partial charge in [0.15, 0.2) is 11.2 Å². The number of nitrogens with two attached hydrogens (primary N) is 1. The zero-order valence-corrected chi connectivity index (χ0v) is 12.5. The molecule has 0 radical (unpaired) electrons. The van der Waals surface area contributed by atoms with E-state index >= 15 is 0 Å². The van der Waals surface area contributed by atoms with E-state index in [-0.39, 0.29) is 28.0 Å². The number of nitrogen functional groups attached to an aromatic ring is 1. The first-order valence-corrected chi connectivity index (χ1v) is 7.12. The molecule has 1 heterocycles. The molecule has 114 valence electrons. The Kier molecular flexibility index (Phi) is 3.16. The second-order valence-corrected chi connectivity index (χ2v) is 6.51. The molecule has 0 spiro atoms. The first kappa shape index (κ1) is 14.5. The van der Waals surface area contributed by atoms with Crippen LogP contribution in [0.4, 0.5) is 10.2 Å². The van der Waals surface area contributed by atoms with Gasteiger partial charge in [-0.2, -0.15) is 0 Å². The zero-order chi connectivity index (χ0) is 16.1. The summed E-state index contributed by atoms with van der Waals surface area (Å²) in [4.78, 5) is 24.5. The van der Waals surface area contributed by atoms with Gasteiger partial charge in [0.1, 0.15) is 11.6 Å². The molecule has 0 saturated heterocycles. The number of carbonyl (C=O) groups is 1. The van der Waals surface area contributed by atoms with Crippen LogP contribution in [-0.4, -0.2) is 10.4 Å². The molecule has 1 aliphatic carbocycles. The van der Waals surface area contributed by atoms with Gasteiger partial charge in [-0.15, -0.1) is 0 Å². The largest absolute Gasteiger partial charge is 0.385 e. The fourth-order valence-electron chi connectivity index (χ4n) is 3.11. The molecular weight excluding hydrogens is 283 g/mol. The molecule has 0 aliphatic heterocycles. The third-order valence-electron chi connectivity index (χ3n) is 3.97. The lowest BCUT2D eigenvalue weighted by molar-refractivity contribution is 0.0908. The molecule has 22 heavy (non-hydrogen) atoms. The van der Waals surface area contributed by atoms with Crippen LogP contribution >= 0.6 is 0 Å². The standard InChI is InChI=1S/C17H17FN2O2/c1-17(2)8-12-16(14(22)9-17)13(21)7-15(19)20(12)11-5-3-4-10(18)6-11/h3-7H,8-9,19H2,1-2H3. The Morgan fingerprint density at radius 1 is 1.18 bits per heavy atom. The molecule has 0 bridgehead atoms. The van der Waals surface area contributed by atoms with Crippen molar-refractivity contribution in [2.75, 3.05) is 5.73 Å². The molecule has 3 rings (SSSR count). The van der Waals surface area contributed by atoms with Crippen molar-refractivity contribution < 1.29 is 9.18 Å². The van der Waals surface area contributed by atoms with Crippen LogP contribution in [0.15, 0.2) is 35.1 Å². The quantitative estimate of drug-likeness (QED) is 0.880. The topological polar surface area (TPSA) is 65.1 Å². The highest BCUT2D eigenvalue weighted by molar-refractivity contribution is 5.99. The van der Waals surface area contributed by atoms with Crippen LogP contribution in [0.2, 0.25) is 0 Å². The second kappa shape index (κ2) is 4.80. The van der Waals surface area contributed by atoms with E-state index < -0.39 is 5.82 Å². The summed E-state index contributed by atoms with van der Waals surface area (Å²) in [6, 6.07) is 7.19. The molecule has 0 unspecified atom stereocenters. The Balaban J connectivity index is 2.35. The molecule has 2 aromatic rings. The van der Waals surface area contributed by atoms with Crippen molar-refractivity contribution >= 4 is 11.6 Å². The van der Waals surface area contributed by atoms with E-state index in [4.69, 9.17) is 5.73 Å². The molecule has 0 atom stereocenters. The zero-order valence-electron chi connectivity index (χ0n) is 12.5. The fourth-order valence-corrected chi connectivity index (χ4v) is 3.11. The first-order valence-electron chi connectivity index (χ1n) is 7.12. The molecule has 2 N–H and O–H groups in total. The van der Waals surface area contributed by atoms with Crippen molar-refractivity contribution in [1.29, 1.82) is 0 Å². The van der Waals surface area contributed by atoms with Gasteiger partial charge < -0.3 is 5.73 Å². The highest BCUT2D eigenvalue weighted by Gasteiger charge is 2.35. The van der Waals surface area contributed by atoms with Crippen LogP contribution in [0.1, 0.15) is 36.3 Å². The smallest absolute Gasteiger partial charge is 0.194 e. The van der Waals surface area contributed by atoms with Crippen molar-refractivity contribution in [3.05, 3.63) is 57.6 Å². The van der Waals surface area contributed by atoms with E-state index in [0.717, 1.165) is 0 Å². The van der Waals surface area contributed by atoms with Gasteiger partial charge in [0, 0.05) is 18.2 Å². The fraction of sp³-hybridized carbons (Fsp3) is 0.294. The van der Waals surface area contributed by atoms with Gasteiger partial charge >= 0.3 is 0 Å². The van der Waals surface area contributed by atoms with E-state index in [1.165, 1.54) is 18.2 Å². The number of hydrogen-bond donors (Lipinski definition) is 1. The number of nitrogens with zero attached hydrogens (tertiary/aromatic N) is 1. The summed E-state index contributed by atoms with van der Waals surface area (Å²) in [6.07, 6.45) is 0.854. The van der Waals surface area contributed by atoms with Gasteiger partial charge in [-0.25, -0.2) is 4.39 Å². The second-order valence-electron chi connectivity index (χ2n) is 6.51. The van der Waals surface area contributed by atoms with E-state index in [1.54, 1.807) is 16.7 Å². The molecule has 4 nitrogen and oxygen atoms in total. The predicted octanol–water partition coefficient (Wildman–Crippen LogP) is 2.71. The summed E-state index contributed by atoms with van der Waals surface area (Å²) in [5.41, 5.74) is 6.62. The normalized spacial score (nSPS) is 16.4. The van der Waals surface area contributed by atoms with Crippen molar-refractivity contribution in [2.24, 2.45) is 5.41 Å². The molecule has 5 heteroatoms. The summed E-state index contributed by atoms with van der Waals surface area (Å²) >= 11 is 0. The Morgan fingerprint density at radius 2 is 1.91 bits per heavy atom. The molecule has 1 aromatic heterocycles. The molecular formula is C17H17FN2O2. The number of Topliss-reactive ketones (excluding diaryl/α,β-unsaturated/α-hetero) is 1. The average Bonchev–Trinajstić information content (AvgIpc) is 2.35. The van der Waals surface area contributed by atoms with Crippen LogP contribution in [-0.2, 0) is 6.42 Å². The monoisotopic (exact) mass is 300 g/mol. The summed E-state index contributed by atoms with van der Waals surface area (Å²) < 4.78 is 15.2. The Hall–Kier alpha value is -2.43. The summed E-state index contributed by atoms with van der Waals surface area (Å²) in [5.74, 6) is -0.369. The van der Waals surface area contributed by atoms with Gasteiger partial charge in [-0.1, -0.05) is 19.9 Å². The summed E-state index contributed by atoms with van der Waals surface area (Å²) in [5, 5.41) is 0. The third kappa shape index (κ3) is 2.32. The maximum absolute atomic E-state index is 13.5. The molecule has 1 aromatic carbocycles. The maximum Gasteiger partial charge on any atom is 0.194 e. The number of pyridine rings is 1. The average molecular weight is 300 g/mol. The first-order chi connectivity index (χ1) is 10.3. The van der Waals surface area contributed by atoms with Crippen LogP contribution in [0.5, 0.6) is 0 Å². The number of ketones is 1. The van der Waals surface area contributed by atoms with E-state index in [0.29, 0.717) is 24.2 Å². The predicted molar refractivity (Wildman–Crippen MR) is 82.8 cm³/mol. The lowest BCUT2D eigenvalue weighted by Crippen LogP contribution is -2.35. The highest BCUT2D eigenvalue weighted by atomic mass is 19.1. The van der Waals surface area contributed by atoms with Crippen LogP contribution in [0.25, 0.3) is 5.69 Å². The SMILES string of the molecule is CC1(C)CC(=O)c2c(n(-c3cccc(F)c3)c(N)cc2=O)C1. The van der Waals surface area contributed by atoms with Crippen LogP contribution < -0.4 is 11.2 Å². The molecule has 0 saturated carbocycles. The van der Waals surface area contributed by atoms with Gasteiger partial charge in [0.05, 0.1) is 11.3 Å². The highest BCUT2D eigenvalue weighted by Crippen LogP contribution is 2.35. The minimum Gasteiger partial charge on any atom is -0.385 e. The minimum atomic E-state index is -0.397. The maximum atomic E-state index is 13.5. The lowest BCUT2D eigenvalue weighted by atomic mass is 9.75. The Labute approximate surface area is 127 Å². The number of rotatable bonds is 1. The lowest BCUT2D eigenvalue weighted by Gasteiger charge is -2.32. The van der Waals surface area contributed by atoms with Gasteiger partial charge in [-0.3, -0.25) is 14.2 Å². The van der Waals surface area contributed by atoms with Gasteiger partial charge in [-0.05, 0) is 30.0 Å². The molecule has 1 aliphatic rings. The number of aromatic nitrogens is 1. The summed E-state index contributed by atoms with van der Waals surface area (Å²) in [7, 11) is 0. The number of fused-ring (bicyclic) bond motifs is 1. The number of hydrogen-bond acceptors (Lipinski definition) is 3. The Bertz CT molecular complexity index is 837. The van der Waals surface area contributed by atoms with E-state index in [1.807, 2.05) is 13.8 Å². The van der Waals surface area contributed by atoms with Crippen LogP contribution in [0, 0.1) is 11.2 Å². The molecule has 0 fully saturated rings. The van der Waals surface area contributed by atoms with E-state index in [9.17, 15) is 14.0 Å².